The first kappa shape index (κ1) is 11.0. The maximum absolute atomic E-state index is 4.19. The first-order valence-electron chi connectivity index (χ1n) is 4.45. The van der Waals surface area contributed by atoms with Crippen LogP contribution < -0.4 is 10.6 Å². The minimum atomic E-state index is 0.301. The van der Waals surface area contributed by atoms with Crippen LogP contribution in [0.3, 0.4) is 0 Å². The molecular weight excluding hydrogens is 198 g/mol. The highest BCUT2D eigenvalue weighted by atomic mass is 32.1. The van der Waals surface area contributed by atoms with Crippen molar-refractivity contribution in [1.29, 1.82) is 0 Å². The summed E-state index contributed by atoms with van der Waals surface area (Å²) in [4.78, 5) is 12.5. The number of anilines is 2. The third-order valence-electron chi connectivity index (χ3n) is 1.46. The van der Waals surface area contributed by atoms with Gasteiger partial charge in [-0.3, -0.25) is 0 Å². The molecule has 0 aliphatic rings. The van der Waals surface area contributed by atoms with Crippen LogP contribution in [0.2, 0.25) is 0 Å². The summed E-state index contributed by atoms with van der Waals surface area (Å²) in [6.07, 6.45) is 0. The predicted molar refractivity (Wildman–Crippen MR) is 60.8 cm³/mol. The summed E-state index contributed by atoms with van der Waals surface area (Å²) >= 11 is 4.13. The maximum Gasteiger partial charge on any atom is 0.227 e. The zero-order valence-electron chi connectivity index (χ0n) is 8.57. The lowest BCUT2D eigenvalue weighted by Crippen LogP contribution is -2.15. The zero-order chi connectivity index (χ0) is 10.6. The molecule has 1 aromatic heterocycles. The van der Waals surface area contributed by atoms with Gasteiger partial charge in [0.1, 0.15) is 5.82 Å². The number of nitrogens with zero attached hydrogens (tertiary/aromatic N) is 3. The molecule has 0 fully saturated rings. The van der Waals surface area contributed by atoms with Crippen LogP contribution in [-0.2, 0) is 5.75 Å². The Morgan fingerprint density at radius 2 is 1.86 bits per heavy atom. The van der Waals surface area contributed by atoms with Crippen molar-refractivity contribution in [2.75, 3.05) is 17.7 Å². The number of rotatable bonds is 4. The molecule has 1 aromatic rings. The average molecular weight is 213 g/mol. The normalized spacial score (nSPS) is 10.4. The molecular formula is C8H15N5S. The largest absolute Gasteiger partial charge is 0.357 e. The highest BCUT2D eigenvalue weighted by Gasteiger charge is 2.04. The molecule has 2 N–H and O–H groups in total. The molecule has 1 heterocycles. The van der Waals surface area contributed by atoms with Crippen LogP contribution in [0.4, 0.5) is 11.9 Å². The lowest BCUT2D eigenvalue weighted by atomic mass is 10.4. The number of thiol groups is 1. The van der Waals surface area contributed by atoms with Crippen molar-refractivity contribution in [3.05, 3.63) is 5.82 Å². The molecule has 6 heteroatoms. The number of hydrogen-bond donors (Lipinski definition) is 3. The van der Waals surface area contributed by atoms with Gasteiger partial charge in [-0.1, -0.05) is 0 Å². The number of nitrogens with one attached hydrogen (secondary N) is 2. The molecule has 78 valence electrons. The van der Waals surface area contributed by atoms with Crippen LogP contribution in [0.25, 0.3) is 0 Å². The summed E-state index contributed by atoms with van der Waals surface area (Å²) in [5.41, 5.74) is 0. The molecule has 5 nitrogen and oxygen atoms in total. The van der Waals surface area contributed by atoms with Crippen LogP contribution in [0.5, 0.6) is 0 Å². The summed E-state index contributed by atoms with van der Waals surface area (Å²) in [6, 6.07) is 0.301. The molecule has 0 radical (unpaired) electrons. The van der Waals surface area contributed by atoms with E-state index >= 15 is 0 Å². The Labute approximate surface area is 89.2 Å². The minimum Gasteiger partial charge on any atom is -0.357 e. The highest BCUT2D eigenvalue weighted by molar-refractivity contribution is 7.79. The topological polar surface area (TPSA) is 62.7 Å². The molecule has 0 aromatic carbocycles. The van der Waals surface area contributed by atoms with E-state index in [0.29, 0.717) is 29.5 Å². The molecule has 0 saturated heterocycles. The van der Waals surface area contributed by atoms with E-state index in [4.69, 9.17) is 0 Å². The number of aromatic nitrogens is 3. The van der Waals surface area contributed by atoms with Gasteiger partial charge in [0.25, 0.3) is 0 Å². The van der Waals surface area contributed by atoms with E-state index in [2.05, 4.69) is 38.2 Å². The smallest absolute Gasteiger partial charge is 0.227 e. The molecule has 0 saturated carbocycles. The fourth-order valence-corrected chi connectivity index (χ4v) is 1.07. The summed E-state index contributed by atoms with van der Waals surface area (Å²) in [5, 5.41) is 6.00. The molecule has 0 bridgehead atoms. The van der Waals surface area contributed by atoms with Gasteiger partial charge < -0.3 is 10.6 Å². The fourth-order valence-electron chi connectivity index (χ4n) is 0.925. The van der Waals surface area contributed by atoms with Gasteiger partial charge in [-0.25, -0.2) is 0 Å². The fraction of sp³-hybridized carbons (Fsp3) is 0.625. The van der Waals surface area contributed by atoms with Crippen molar-refractivity contribution in [3.8, 4) is 0 Å². The predicted octanol–water partition coefficient (Wildman–Crippen LogP) is 1.16. The molecule has 0 atom stereocenters. The van der Waals surface area contributed by atoms with E-state index in [1.807, 2.05) is 13.8 Å². The summed E-state index contributed by atoms with van der Waals surface area (Å²) in [5.74, 6) is 2.32. The van der Waals surface area contributed by atoms with Gasteiger partial charge in [-0.15, -0.1) is 0 Å². The molecule has 1 rings (SSSR count). The van der Waals surface area contributed by atoms with E-state index in [1.54, 1.807) is 7.05 Å². The lowest BCUT2D eigenvalue weighted by molar-refractivity contribution is 0.856. The van der Waals surface area contributed by atoms with Gasteiger partial charge in [0.05, 0.1) is 5.75 Å². The molecule has 0 spiro atoms. The Bertz CT molecular complexity index is 280. The van der Waals surface area contributed by atoms with E-state index in [1.165, 1.54) is 0 Å². The van der Waals surface area contributed by atoms with Gasteiger partial charge in [0.15, 0.2) is 0 Å². The van der Waals surface area contributed by atoms with Crippen LogP contribution >= 0.6 is 12.6 Å². The third-order valence-corrected chi connectivity index (χ3v) is 1.75. The van der Waals surface area contributed by atoms with Gasteiger partial charge in [0, 0.05) is 13.1 Å². The Hall–Kier alpha value is -1.04. The Balaban J connectivity index is 2.92. The second-order valence-electron chi connectivity index (χ2n) is 3.11. The third kappa shape index (κ3) is 3.02. The first-order chi connectivity index (χ1) is 6.65. The average Bonchev–Trinajstić information content (AvgIpc) is 2.16. The van der Waals surface area contributed by atoms with Crippen molar-refractivity contribution in [3.63, 3.8) is 0 Å². The summed E-state index contributed by atoms with van der Waals surface area (Å²) < 4.78 is 0. The molecule has 0 aliphatic heterocycles. The van der Waals surface area contributed by atoms with Gasteiger partial charge in [-0.2, -0.15) is 27.6 Å². The minimum absolute atomic E-state index is 0.301. The quantitative estimate of drug-likeness (QED) is 0.655. The van der Waals surface area contributed by atoms with E-state index in [0.717, 1.165) is 0 Å². The van der Waals surface area contributed by atoms with E-state index < -0.39 is 0 Å². The summed E-state index contributed by atoms with van der Waals surface area (Å²) in [6.45, 7) is 4.06. The second-order valence-corrected chi connectivity index (χ2v) is 3.42. The zero-order valence-corrected chi connectivity index (χ0v) is 9.47. The standard InChI is InChI=1S/C8H15N5S/c1-5(2)10-8-12-6(4-14)11-7(9-3)13-8/h5,14H,4H2,1-3H3,(H2,9,10,11,12,13). The monoisotopic (exact) mass is 213 g/mol. The van der Waals surface area contributed by atoms with Gasteiger partial charge >= 0.3 is 0 Å². The highest BCUT2D eigenvalue weighted by Crippen LogP contribution is 2.07. The molecule has 0 aliphatic carbocycles. The van der Waals surface area contributed by atoms with E-state index in [9.17, 15) is 0 Å². The van der Waals surface area contributed by atoms with Crippen molar-refractivity contribution in [2.24, 2.45) is 0 Å². The van der Waals surface area contributed by atoms with Crippen molar-refractivity contribution in [2.45, 2.75) is 25.6 Å². The second kappa shape index (κ2) is 4.99. The SMILES string of the molecule is CNc1nc(CS)nc(NC(C)C)n1. The van der Waals surface area contributed by atoms with Crippen LogP contribution in [0, 0.1) is 0 Å². The van der Waals surface area contributed by atoms with Crippen LogP contribution in [0.1, 0.15) is 19.7 Å². The van der Waals surface area contributed by atoms with Crippen LogP contribution in [0.15, 0.2) is 0 Å². The Morgan fingerprint density at radius 1 is 1.21 bits per heavy atom. The van der Waals surface area contributed by atoms with Gasteiger partial charge in [0.2, 0.25) is 11.9 Å². The molecule has 0 unspecified atom stereocenters. The first-order valence-corrected chi connectivity index (χ1v) is 5.09. The van der Waals surface area contributed by atoms with Crippen molar-refractivity contribution < 1.29 is 0 Å². The van der Waals surface area contributed by atoms with E-state index in [-0.39, 0.29) is 0 Å². The Kier molecular flexibility index (Phi) is 3.94. The lowest BCUT2D eigenvalue weighted by Gasteiger charge is -2.09. The number of hydrogen-bond acceptors (Lipinski definition) is 6. The summed E-state index contributed by atoms with van der Waals surface area (Å²) in [7, 11) is 1.77. The van der Waals surface area contributed by atoms with Crippen molar-refractivity contribution in [1.82, 2.24) is 15.0 Å². The Morgan fingerprint density at radius 3 is 2.36 bits per heavy atom. The molecule has 0 amide bonds. The van der Waals surface area contributed by atoms with Crippen LogP contribution in [-0.4, -0.2) is 28.0 Å². The van der Waals surface area contributed by atoms with Crippen molar-refractivity contribution >= 4 is 24.5 Å². The van der Waals surface area contributed by atoms with Gasteiger partial charge in [-0.05, 0) is 13.8 Å². The maximum atomic E-state index is 4.19. The molecule has 14 heavy (non-hydrogen) atoms.